The molecular weight excluding hydrogens is 760 g/mol. The Kier molecular flexibility index (Phi) is 13.7. The molecule has 0 radical (unpaired) electrons. The Balaban J connectivity index is 1.51. The third-order valence-electron chi connectivity index (χ3n) is 10.7. The average Bonchev–Trinajstić information content (AvgIpc) is 3.80. The third kappa shape index (κ3) is 10.1. The average molecular weight is 812 g/mol. The molecule has 7 amide bonds. The molecular formula is C40H51F2N7O9. The number of amides is 7. The second-order valence-electron chi connectivity index (χ2n) is 15.5. The van der Waals surface area contributed by atoms with Crippen LogP contribution in [0.3, 0.4) is 0 Å². The molecule has 5 rings (SSSR count). The van der Waals surface area contributed by atoms with Gasteiger partial charge in [-0.15, -0.1) is 0 Å². The summed E-state index contributed by atoms with van der Waals surface area (Å²) in [5, 5.41) is 20.9. The summed E-state index contributed by atoms with van der Waals surface area (Å²) in [5.41, 5.74) is 1.29. The van der Waals surface area contributed by atoms with Gasteiger partial charge in [-0.3, -0.25) is 24.0 Å². The molecule has 0 saturated carbocycles. The standard InChI is InChI=1S/C40H51F2N7O9/c1-20-9-11-28(12-10-20)44-40(57)45-29(17-25-15-26(41)18-27(42)16-25)34(51)46-32-24(5)58-39(56)31-14-21(2)19-49(31)36(53)22(3)43-35(52)33(23(4)50)47(6)37(54)30-8-7-13-48(30)38(32)55/h9-12,15-16,18,21-24,29-33,50H,7-8,13-14,17,19H2,1-6H3,(H,43,52)(H,46,51)(H2,44,45,57). The fourth-order valence-electron chi connectivity index (χ4n) is 7.78. The molecule has 314 valence electrons. The predicted molar refractivity (Wildman–Crippen MR) is 205 cm³/mol. The number of likely N-dealkylation sites (N-methyl/N-ethyl adjacent to an activating group) is 1. The Morgan fingerprint density at radius 2 is 1.60 bits per heavy atom. The van der Waals surface area contributed by atoms with Gasteiger partial charge in [0.25, 0.3) is 0 Å². The van der Waals surface area contributed by atoms with Gasteiger partial charge in [-0.05, 0) is 82.7 Å². The van der Waals surface area contributed by atoms with E-state index < -0.39 is 108 Å². The second kappa shape index (κ2) is 18.3. The highest BCUT2D eigenvalue weighted by Crippen LogP contribution is 2.27. The number of esters is 1. The van der Waals surface area contributed by atoms with E-state index in [2.05, 4.69) is 21.3 Å². The number of carbonyl (C=O) groups is 7. The van der Waals surface area contributed by atoms with Crippen LogP contribution in [0.1, 0.15) is 58.1 Å². The number of carbonyl (C=O) groups excluding carboxylic acids is 7. The van der Waals surface area contributed by atoms with Crippen LogP contribution >= 0.6 is 0 Å². The van der Waals surface area contributed by atoms with Crippen molar-refractivity contribution in [2.75, 3.05) is 25.5 Å². The van der Waals surface area contributed by atoms with E-state index in [1.807, 2.05) is 13.8 Å². The zero-order chi connectivity index (χ0) is 42.6. The van der Waals surface area contributed by atoms with Crippen LogP contribution in [0.4, 0.5) is 19.3 Å². The first-order valence-electron chi connectivity index (χ1n) is 19.3. The Morgan fingerprint density at radius 3 is 2.24 bits per heavy atom. The summed E-state index contributed by atoms with van der Waals surface area (Å²) >= 11 is 0. The zero-order valence-electron chi connectivity index (χ0n) is 33.3. The van der Waals surface area contributed by atoms with E-state index in [1.54, 1.807) is 24.3 Å². The number of nitrogens with zero attached hydrogens (tertiary/aromatic N) is 3. The number of fused-ring (bicyclic) bond motifs is 2. The summed E-state index contributed by atoms with van der Waals surface area (Å²) in [7, 11) is 1.30. The molecule has 16 nitrogen and oxygen atoms in total. The molecule has 3 heterocycles. The quantitative estimate of drug-likeness (QED) is 0.256. The van der Waals surface area contributed by atoms with E-state index in [9.17, 15) is 47.4 Å². The molecule has 0 aliphatic carbocycles. The van der Waals surface area contributed by atoms with Gasteiger partial charge in [-0.25, -0.2) is 18.4 Å². The SMILES string of the molecule is Cc1ccc(NC(=O)NC(Cc2cc(F)cc(F)c2)C(=O)NC2C(=O)N3CCCC3C(=O)N(C)C(C(C)O)C(=O)NC(C)C(=O)N3CC(C)CC3C(=O)OC2C)cc1. The minimum absolute atomic E-state index is 0.00337. The maximum absolute atomic E-state index is 14.6. The van der Waals surface area contributed by atoms with Gasteiger partial charge < -0.3 is 45.8 Å². The van der Waals surface area contributed by atoms with Crippen molar-refractivity contribution in [2.24, 2.45) is 5.92 Å². The number of hydrogen-bond donors (Lipinski definition) is 5. The lowest BCUT2D eigenvalue weighted by Crippen LogP contribution is -2.63. The van der Waals surface area contributed by atoms with Gasteiger partial charge in [0, 0.05) is 38.3 Å². The first kappa shape index (κ1) is 43.5. The van der Waals surface area contributed by atoms with Crippen molar-refractivity contribution >= 4 is 47.2 Å². The van der Waals surface area contributed by atoms with Gasteiger partial charge >= 0.3 is 12.0 Å². The largest absolute Gasteiger partial charge is 0.458 e. The van der Waals surface area contributed by atoms with Crippen molar-refractivity contribution in [1.29, 1.82) is 0 Å². The summed E-state index contributed by atoms with van der Waals surface area (Å²) in [6, 6.07) is 0.333. The van der Waals surface area contributed by atoms with Crippen LogP contribution in [-0.4, -0.2) is 130 Å². The molecule has 58 heavy (non-hydrogen) atoms. The third-order valence-corrected chi connectivity index (χ3v) is 10.7. The van der Waals surface area contributed by atoms with Crippen molar-refractivity contribution in [3.05, 3.63) is 65.2 Å². The summed E-state index contributed by atoms with van der Waals surface area (Å²) in [4.78, 5) is 101. The summed E-state index contributed by atoms with van der Waals surface area (Å²) in [6.45, 7) is 7.92. The van der Waals surface area contributed by atoms with Crippen LogP contribution in [0, 0.1) is 24.5 Å². The molecule has 3 fully saturated rings. The summed E-state index contributed by atoms with van der Waals surface area (Å²) in [6.07, 6.45) is -2.58. The smallest absolute Gasteiger partial charge is 0.329 e. The molecule has 2 aromatic carbocycles. The number of aliphatic hydroxyl groups is 1. The maximum Gasteiger partial charge on any atom is 0.329 e. The van der Waals surface area contributed by atoms with Gasteiger partial charge in [-0.2, -0.15) is 0 Å². The van der Waals surface area contributed by atoms with Crippen LogP contribution in [0.2, 0.25) is 0 Å². The summed E-state index contributed by atoms with van der Waals surface area (Å²) in [5.74, 6) is -6.91. The maximum atomic E-state index is 14.6. The van der Waals surface area contributed by atoms with Crippen LogP contribution in [-0.2, 0) is 39.9 Å². The number of anilines is 1. The van der Waals surface area contributed by atoms with E-state index in [0.717, 1.165) is 22.6 Å². The molecule has 3 saturated heterocycles. The molecule has 9 atom stereocenters. The second-order valence-corrected chi connectivity index (χ2v) is 15.5. The molecule has 5 N–H and O–H groups in total. The molecule has 3 aliphatic rings. The van der Waals surface area contributed by atoms with Crippen LogP contribution in [0.25, 0.3) is 0 Å². The van der Waals surface area contributed by atoms with Crippen molar-refractivity contribution in [3.8, 4) is 0 Å². The molecule has 18 heteroatoms. The van der Waals surface area contributed by atoms with Gasteiger partial charge in [0.1, 0.15) is 54.0 Å². The highest BCUT2D eigenvalue weighted by Gasteiger charge is 2.47. The number of aliphatic hydroxyl groups excluding tert-OH is 1. The van der Waals surface area contributed by atoms with Crippen molar-refractivity contribution in [3.63, 3.8) is 0 Å². The normalized spacial score (nSPS) is 26.9. The molecule has 0 aromatic heterocycles. The first-order valence-corrected chi connectivity index (χ1v) is 19.3. The number of aryl methyl sites for hydroxylation is 1. The Bertz CT molecular complexity index is 1890. The number of cyclic esters (lactones) is 1. The number of benzene rings is 2. The molecule has 9 unspecified atom stereocenters. The molecule has 0 spiro atoms. The topological polar surface area (TPSA) is 207 Å². The highest BCUT2D eigenvalue weighted by atomic mass is 19.1. The molecule has 2 aromatic rings. The first-order chi connectivity index (χ1) is 27.3. The summed E-state index contributed by atoms with van der Waals surface area (Å²) < 4.78 is 34.4. The monoisotopic (exact) mass is 811 g/mol. The van der Waals surface area contributed by atoms with Gasteiger partial charge in [-0.1, -0.05) is 24.6 Å². The van der Waals surface area contributed by atoms with E-state index in [0.29, 0.717) is 18.2 Å². The van der Waals surface area contributed by atoms with Crippen LogP contribution < -0.4 is 21.3 Å². The minimum atomic E-state index is -1.69. The Morgan fingerprint density at radius 1 is 0.948 bits per heavy atom. The van der Waals surface area contributed by atoms with Crippen molar-refractivity contribution in [1.82, 2.24) is 30.7 Å². The van der Waals surface area contributed by atoms with E-state index >= 15 is 0 Å². The van der Waals surface area contributed by atoms with E-state index in [-0.39, 0.29) is 37.4 Å². The minimum Gasteiger partial charge on any atom is -0.458 e. The number of nitrogens with one attached hydrogen (secondary N) is 4. The Hall–Kier alpha value is -5.65. The van der Waals surface area contributed by atoms with E-state index in [4.69, 9.17) is 4.74 Å². The van der Waals surface area contributed by atoms with Crippen molar-refractivity contribution in [2.45, 2.75) is 109 Å². The van der Waals surface area contributed by atoms with Gasteiger partial charge in [0.15, 0.2) is 0 Å². The van der Waals surface area contributed by atoms with Crippen LogP contribution in [0.5, 0.6) is 0 Å². The zero-order valence-corrected chi connectivity index (χ0v) is 33.3. The van der Waals surface area contributed by atoms with Crippen LogP contribution in [0.15, 0.2) is 42.5 Å². The number of halogens is 2. The lowest BCUT2D eigenvalue weighted by atomic mass is 10.0. The van der Waals surface area contributed by atoms with E-state index in [1.165, 1.54) is 37.6 Å². The molecule has 0 bridgehead atoms. The van der Waals surface area contributed by atoms with Gasteiger partial charge in [0.2, 0.25) is 29.5 Å². The fraction of sp³-hybridized carbons (Fsp3) is 0.525. The fourth-order valence-corrected chi connectivity index (χ4v) is 7.78. The lowest BCUT2D eigenvalue weighted by Gasteiger charge is -2.37. The lowest BCUT2D eigenvalue weighted by molar-refractivity contribution is -0.163. The number of rotatable bonds is 7. The number of urea groups is 1. The molecule has 3 aliphatic heterocycles. The number of ether oxygens (including phenoxy) is 1. The number of hydrogen-bond acceptors (Lipinski definition) is 9. The Labute approximate surface area is 335 Å². The highest BCUT2D eigenvalue weighted by molar-refractivity contribution is 5.98. The van der Waals surface area contributed by atoms with Gasteiger partial charge in [0.05, 0.1) is 6.10 Å². The van der Waals surface area contributed by atoms with Crippen molar-refractivity contribution < 1.29 is 52.2 Å². The predicted octanol–water partition coefficient (Wildman–Crippen LogP) is 1.38.